The average molecular weight is 789 g/mol. The van der Waals surface area contributed by atoms with Crippen molar-refractivity contribution in [2.24, 2.45) is 10.4 Å². The SMILES string of the molecule is CC(C)(C)C[C@]1(c2ccc(-c3cnn(C(F)F)c3)cc2)N=C(NC(=O)OCc2ccccc2)N([C@H](CO[Si](C)(C)C(C)(C)C)c2ccc(Cl)c(C#N)c2)C1=O. The predicted octanol–water partition coefficient (Wildman–Crippen LogP) is 9.99. The summed E-state index contributed by atoms with van der Waals surface area (Å²) in [4.78, 5) is 35.5. The van der Waals surface area contributed by atoms with Gasteiger partial charge in [-0.3, -0.25) is 15.0 Å². The molecule has 0 spiro atoms. The maximum atomic E-state index is 15.5. The molecule has 0 radical (unpaired) electrons. The van der Waals surface area contributed by atoms with Gasteiger partial charge in [0, 0.05) is 11.8 Å². The minimum atomic E-state index is -2.79. The highest BCUT2D eigenvalue weighted by Gasteiger charge is 2.54. The first-order chi connectivity index (χ1) is 25.7. The van der Waals surface area contributed by atoms with Crippen molar-refractivity contribution in [2.45, 2.75) is 90.8 Å². The molecule has 0 unspecified atom stereocenters. The van der Waals surface area contributed by atoms with Crippen molar-refractivity contribution in [3.05, 3.63) is 112 Å². The molecule has 0 saturated carbocycles. The number of carbonyl (C=O) groups excluding carboxylic acids is 2. The number of aliphatic imine (C=N–C) groups is 1. The summed E-state index contributed by atoms with van der Waals surface area (Å²) in [6.45, 7) is 13.7. The van der Waals surface area contributed by atoms with Gasteiger partial charge in [-0.1, -0.05) is 114 Å². The fourth-order valence-electron chi connectivity index (χ4n) is 6.17. The number of ether oxygens (including phenoxy) is 1. The summed E-state index contributed by atoms with van der Waals surface area (Å²) >= 11 is 6.39. The van der Waals surface area contributed by atoms with Gasteiger partial charge in [-0.05, 0) is 64.4 Å². The van der Waals surface area contributed by atoms with Crippen molar-refractivity contribution < 1.29 is 27.5 Å². The van der Waals surface area contributed by atoms with Gasteiger partial charge in [0.2, 0.25) is 5.96 Å². The van der Waals surface area contributed by atoms with Gasteiger partial charge in [0.1, 0.15) is 12.7 Å². The minimum Gasteiger partial charge on any atom is -0.444 e. The zero-order valence-electron chi connectivity index (χ0n) is 32.4. The van der Waals surface area contributed by atoms with Gasteiger partial charge in [0.25, 0.3) is 5.91 Å². The Morgan fingerprint density at radius 1 is 1.02 bits per heavy atom. The predicted molar refractivity (Wildman–Crippen MR) is 211 cm³/mol. The molecule has 10 nitrogen and oxygen atoms in total. The maximum absolute atomic E-state index is 15.5. The number of nitrogens with one attached hydrogen (secondary N) is 1. The van der Waals surface area contributed by atoms with Crippen molar-refractivity contribution in [1.82, 2.24) is 20.0 Å². The third-order valence-corrected chi connectivity index (χ3v) is 14.9. The quantitative estimate of drug-likeness (QED) is 0.151. The van der Waals surface area contributed by atoms with Gasteiger partial charge in [0.15, 0.2) is 13.9 Å². The van der Waals surface area contributed by atoms with E-state index in [2.05, 4.69) is 50.3 Å². The summed E-state index contributed by atoms with van der Waals surface area (Å²) in [6, 6.07) is 22.4. The number of carbonyl (C=O) groups is 2. The number of nitriles is 1. The van der Waals surface area contributed by atoms with Crippen LogP contribution in [0.4, 0.5) is 13.6 Å². The van der Waals surface area contributed by atoms with Crippen LogP contribution in [0.2, 0.25) is 23.2 Å². The molecule has 1 aliphatic rings. The Morgan fingerprint density at radius 3 is 2.27 bits per heavy atom. The highest BCUT2D eigenvalue weighted by atomic mass is 35.5. The molecule has 0 bridgehead atoms. The molecular weight excluding hydrogens is 742 g/mol. The molecule has 4 aromatic rings. The van der Waals surface area contributed by atoms with Crippen LogP contribution in [-0.4, -0.2) is 47.6 Å². The van der Waals surface area contributed by atoms with Gasteiger partial charge in [-0.15, -0.1) is 0 Å². The molecule has 0 aliphatic carbocycles. The monoisotopic (exact) mass is 788 g/mol. The van der Waals surface area contributed by atoms with Gasteiger partial charge < -0.3 is 9.16 Å². The molecule has 2 heterocycles. The molecule has 3 aromatic carbocycles. The van der Waals surface area contributed by atoms with E-state index in [1.54, 1.807) is 42.5 Å². The topological polar surface area (TPSA) is 122 Å². The number of alkyl halides is 2. The van der Waals surface area contributed by atoms with Crippen LogP contribution in [0.15, 0.2) is 90.2 Å². The third kappa shape index (κ3) is 9.32. The minimum absolute atomic E-state index is 0.0210. The molecule has 290 valence electrons. The van der Waals surface area contributed by atoms with E-state index in [1.807, 2.05) is 51.1 Å². The van der Waals surface area contributed by atoms with E-state index in [4.69, 9.17) is 25.8 Å². The van der Waals surface area contributed by atoms with Gasteiger partial charge in [0.05, 0.1) is 29.4 Å². The van der Waals surface area contributed by atoms with Crippen LogP contribution >= 0.6 is 11.6 Å². The molecule has 0 fully saturated rings. The molecule has 1 aromatic heterocycles. The lowest BCUT2D eigenvalue weighted by Crippen LogP contribution is -2.51. The van der Waals surface area contributed by atoms with E-state index >= 15 is 4.79 Å². The van der Waals surface area contributed by atoms with E-state index in [1.165, 1.54) is 17.3 Å². The van der Waals surface area contributed by atoms with Crippen LogP contribution in [0, 0.1) is 16.7 Å². The van der Waals surface area contributed by atoms with E-state index < -0.39 is 43.9 Å². The fraction of sp³-hybridized carbons (Fsp3) is 0.390. The number of rotatable bonds is 11. The number of benzene rings is 3. The molecular formula is C41H47ClF2N6O4Si. The second kappa shape index (κ2) is 16.1. The summed E-state index contributed by atoms with van der Waals surface area (Å²) < 4.78 is 39.6. The van der Waals surface area contributed by atoms with Crippen molar-refractivity contribution in [3.8, 4) is 17.2 Å². The largest absolute Gasteiger partial charge is 0.444 e. The Bertz CT molecular complexity index is 2090. The van der Waals surface area contributed by atoms with Crippen LogP contribution < -0.4 is 5.32 Å². The molecule has 2 atom stereocenters. The van der Waals surface area contributed by atoms with Crippen LogP contribution in [0.1, 0.15) is 82.8 Å². The number of nitrogens with zero attached hydrogens (tertiary/aromatic N) is 5. The third-order valence-electron chi connectivity index (χ3n) is 10.0. The van der Waals surface area contributed by atoms with Gasteiger partial charge >= 0.3 is 12.6 Å². The van der Waals surface area contributed by atoms with Gasteiger partial charge in [-0.2, -0.15) is 19.1 Å². The lowest BCUT2D eigenvalue weighted by atomic mass is 9.75. The lowest BCUT2D eigenvalue weighted by Gasteiger charge is -2.39. The zero-order chi connectivity index (χ0) is 40.3. The van der Waals surface area contributed by atoms with E-state index in [9.17, 15) is 18.8 Å². The maximum Gasteiger partial charge on any atom is 0.414 e. The number of amides is 2. The second-order valence-corrected chi connectivity index (χ2v) is 21.6. The second-order valence-electron chi connectivity index (χ2n) is 16.4. The number of hydrogen-bond donors (Lipinski definition) is 1. The van der Waals surface area contributed by atoms with Crippen LogP contribution in [0.3, 0.4) is 0 Å². The smallest absolute Gasteiger partial charge is 0.414 e. The Morgan fingerprint density at radius 2 is 1.69 bits per heavy atom. The molecule has 0 saturated heterocycles. The Labute approximate surface area is 327 Å². The first-order valence-electron chi connectivity index (χ1n) is 17.9. The fourth-order valence-corrected chi connectivity index (χ4v) is 7.34. The van der Waals surface area contributed by atoms with E-state index in [-0.39, 0.29) is 41.2 Å². The molecule has 2 amide bonds. The summed E-state index contributed by atoms with van der Waals surface area (Å²) in [6.07, 6.45) is 2.01. The van der Waals surface area contributed by atoms with Crippen LogP contribution in [0.25, 0.3) is 11.1 Å². The number of alkyl carbamates (subject to hydrolysis) is 1. The first-order valence-corrected chi connectivity index (χ1v) is 21.2. The molecule has 55 heavy (non-hydrogen) atoms. The molecule has 14 heteroatoms. The van der Waals surface area contributed by atoms with Crippen LogP contribution in [0.5, 0.6) is 0 Å². The summed E-state index contributed by atoms with van der Waals surface area (Å²) in [5, 5.41) is 16.6. The molecule has 1 aliphatic heterocycles. The summed E-state index contributed by atoms with van der Waals surface area (Å²) in [7, 11) is -2.43. The highest BCUT2D eigenvalue weighted by molar-refractivity contribution is 6.74. The standard InChI is InChI=1S/C41H47ClF2N6O4Si/c1-39(2,3)26-41(32-17-14-28(15-18-32)31-22-46-49(23-31)36(43)44)35(51)50(37(48-41)47-38(52)53-24-27-12-10-9-11-13-27)34(25-54-55(7,8)40(4,5)6)29-16-19-33(42)30(20-29)21-45/h9-20,22-23,34,36H,24-26H2,1-8H3,(H,47,48,52)/t34-,41-/m1/s1. The summed E-state index contributed by atoms with van der Waals surface area (Å²) in [5.74, 6) is -0.483. The number of aromatic nitrogens is 2. The normalized spacial score (nSPS) is 16.9. The van der Waals surface area contributed by atoms with Crippen LogP contribution in [-0.2, 0) is 26.1 Å². The van der Waals surface area contributed by atoms with Gasteiger partial charge in [-0.25, -0.2) is 14.5 Å². The van der Waals surface area contributed by atoms with E-state index in [0.717, 1.165) is 5.56 Å². The number of hydrogen-bond acceptors (Lipinski definition) is 7. The average Bonchev–Trinajstić information content (AvgIpc) is 3.71. The lowest BCUT2D eigenvalue weighted by molar-refractivity contribution is -0.135. The molecule has 1 N–H and O–H groups in total. The van der Waals surface area contributed by atoms with Crippen molar-refractivity contribution in [1.29, 1.82) is 5.26 Å². The Balaban J connectivity index is 1.65. The Hall–Kier alpha value is -4.90. The zero-order valence-corrected chi connectivity index (χ0v) is 34.1. The van der Waals surface area contributed by atoms with Crippen molar-refractivity contribution in [2.75, 3.05) is 6.61 Å². The Kier molecular flexibility index (Phi) is 12.0. The van der Waals surface area contributed by atoms with Crippen molar-refractivity contribution >= 4 is 37.9 Å². The first kappa shape index (κ1) is 41.3. The number of halogens is 3. The van der Waals surface area contributed by atoms with E-state index in [0.29, 0.717) is 26.9 Å². The molecule has 5 rings (SSSR count). The number of guanidine groups is 1. The van der Waals surface area contributed by atoms with Crippen molar-refractivity contribution in [3.63, 3.8) is 0 Å². The summed E-state index contributed by atoms with van der Waals surface area (Å²) in [5.41, 5.74) is 1.13. The highest BCUT2D eigenvalue weighted by Crippen LogP contribution is 2.46.